The zero-order chi connectivity index (χ0) is 19.4. The Morgan fingerprint density at radius 3 is 2.41 bits per heavy atom. The molecule has 5 heteroatoms. The van der Waals surface area contributed by atoms with E-state index in [9.17, 15) is 4.79 Å². The molecule has 0 saturated carbocycles. The molecular formula is C22H24N4O. The maximum Gasteiger partial charge on any atom is 0.258 e. The van der Waals surface area contributed by atoms with Gasteiger partial charge in [-0.05, 0) is 49.9 Å². The van der Waals surface area contributed by atoms with Crippen LogP contribution in [0.4, 0.5) is 17.3 Å². The molecule has 0 aliphatic rings. The van der Waals surface area contributed by atoms with Crippen LogP contribution in [-0.4, -0.2) is 15.9 Å². The number of nitrogens with one attached hydrogen (secondary N) is 2. The van der Waals surface area contributed by atoms with Crippen molar-refractivity contribution in [2.75, 3.05) is 10.6 Å². The zero-order valence-corrected chi connectivity index (χ0v) is 16.1. The first-order valence-electron chi connectivity index (χ1n) is 9.04. The molecule has 0 saturated heterocycles. The molecule has 2 N–H and O–H groups in total. The SMILES string of the molecule is CCc1cccc(C)c1NC(=O)c1cnc(Nc2ccc(C)cc2C)nc1. The Balaban J connectivity index is 1.74. The van der Waals surface area contributed by atoms with Gasteiger partial charge in [0.1, 0.15) is 0 Å². The van der Waals surface area contributed by atoms with E-state index in [4.69, 9.17) is 0 Å². The van der Waals surface area contributed by atoms with Gasteiger partial charge in [0.15, 0.2) is 0 Å². The number of hydrogen-bond acceptors (Lipinski definition) is 4. The van der Waals surface area contributed by atoms with E-state index in [1.165, 1.54) is 18.0 Å². The fourth-order valence-electron chi connectivity index (χ4n) is 2.97. The highest BCUT2D eigenvalue weighted by molar-refractivity contribution is 6.04. The first kappa shape index (κ1) is 18.6. The molecule has 138 valence electrons. The number of aryl methyl sites for hydroxylation is 4. The minimum Gasteiger partial charge on any atom is -0.324 e. The molecule has 0 spiro atoms. The molecule has 0 unspecified atom stereocenters. The quantitative estimate of drug-likeness (QED) is 0.675. The number of amides is 1. The van der Waals surface area contributed by atoms with E-state index in [1.54, 1.807) is 0 Å². The lowest BCUT2D eigenvalue weighted by Gasteiger charge is -2.13. The van der Waals surface area contributed by atoms with Crippen molar-refractivity contribution in [1.82, 2.24) is 9.97 Å². The van der Waals surface area contributed by atoms with Crippen LogP contribution in [0.5, 0.6) is 0 Å². The van der Waals surface area contributed by atoms with Crippen molar-refractivity contribution in [2.24, 2.45) is 0 Å². The van der Waals surface area contributed by atoms with E-state index in [0.29, 0.717) is 11.5 Å². The normalized spacial score (nSPS) is 10.5. The van der Waals surface area contributed by atoms with E-state index >= 15 is 0 Å². The van der Waals surface area contributed by atoms with Crippen molar-refractivity contribution in [3.63, 3.8) is 0 Å². The summed E-state index contributed by atoms with van der Waals surface area (Å²) in [7, 11) is 0. The fourth-order valence-corrected chi connectivity index (χ4v) is 2.97. The summed E-state index contributed by atoms with van der Waals surface area (Å²) in [4.78, 5) is 21.1. The fraction of sp³-hybridized carbons (Fsp3) is 0.227. The number of carbonyl (C=O) groups excluding carboxylic acids is 1. The minimum atomic E-state index is -0.211. The van der Waals surface area contributed by atoms with Crippen LogP contribution in [0, 0.1) is 20.8 Å². The molecule has 3 aromatic rings. The lowest BCUT2D eigenvalue weighted by molar-refractivity contribution is 0.102. The molecule has 1 aromatic heterocycles. The van der Waals surface area contributed by atoms with Crippen LogP contribution >= 0.6 is 0 Å². The zero-order valence-electron chi connectivity index (χ0n) is 16.1. The van der Waals surface area contributed by atoms with Crippen LogP contribution in [0.15, 0.2) is 48.8 Å². The van der Waals surface area contributed by atoms with Gasteiger partial charge in [0.2, 0.25) is 5.95 Å². The highest BCUT2D eigenvalue weighted by Crippen LogP contribution is 2.22. The first-order valence-corrected chi connectivity index (χ1v) is 9.04. The standard InChI is InChI=1S/C22H24N4O/c1-5-17-8-6-7-15(3)20(17)26-21(27)18-12-23-22(24-13-18)25-19-10-9-14(2)11-16(19)4/h6-13H,5H2,1-4H3,(H,26,27)(H,23,24,25). The maximum absolute atomic E-state index is 12.6. The predicted octanol–water partition coefficient (Wildman–Crippen LogP) is 4.96. The lowest BCUT2D eigenvalue weighted by Crippen LogP contribution is -2.15. The van der Waals surface area contributed by atoms with Crippen LogP contribution < -0.4 is 10.6 Å². The lowest BCUT2D eigenvalue weighted by atomic mass is 10.1. The average Bonchev–Trinajstić information content (AvgIpc) is 2.66. The maximum atomic E-state index is 12.6. The monoisotopic (exact) mass is 360 g/mol. The first-order chi connectivity index (χ1) is 13.0. The molecule has 0 radical (unpaired) electrons. The van der Waals surface area contributed by atoms with Crippen LogP contribution in [-0.2, 0) is 6.42 Å². The molecule has 0 aliphatic carbocycles. The van der Waals surface area contributed by atoms with Gasteiger partial charge in [-0.3, -0.25) is 4.79 Å². The number of nitrogens with zero attached hydrogens (tertiary/aromatic N) is 2. The summed E-state index contributed by atoms with van der Waals surface area (Å²) in [5, 5.41) is 6.18. The Bertz CT molecular complexity index is 965. The van der Waals surface area contributed by atoms with E-state index in [-0.39, 0.29) is 5.91 Å². The highest BCUT2D eigenvalue weighted by atomic mass is 16.1. The molecule has 27 heavy (non-hydrogen) atoms. The summed E-state index contributed by atoms with van der Waals surface area (Å²) in [6.45, 7) is 8.15. The van der Waals surface area contributed by atoms with E-state index < -0.39 is 0 Å². The number of aromatic nitrogens is 2. The Morgan fingerprint density at radius 2 is 1.74 bits per heavy atom. The highest BCUT2D eigenvalue weighted by Gasteiger charge is 2.12. The molecular weight excluding hydrogens is 336 g/mol. The van der Waals surface area contributed by atoms with E-state index in [2.05, 4.69) is 40.5 Å². The van der Waals surface area contributed by atoms with Crippen molar-refractivity contribution in [2.45, 2.75) is 34.1 Å². The third-order valence-corrected chi connectivity index (χ3v) is 4.52. The third kappa shape index (κ3) is 4.31. The van der Waals surface area contributed by atoms with Crippen LogP contribution in [0.1, 0.15) is 39.5 Å². The summed E-state index contributed by atoms with van der Waals surface area (Å²) in [6.07, 6.45) is 3.93. The molecule has 1 amide bonds. The van der Waals surface area contributed by atoms with Gasteiger partial charge in [0.25, 0.3) is 5.91 Å². The number of anilines is 3. The Hall–Kier alpha value is -3.21. The van der Waals surface area contributed by atoms with Crippen molar-refractivity contribution in [1.29, 1.82) is 0 Å². The van der Waals surface area contributed by atoms with Gasteiger partial charge in [-0.2, -0.15) is 0 Å². The van der Waals surface area contributed by atoms with Gasteiger partial charge in [0.05, 0.1) is 5.56 Å². The summed E-state index contributed by atoms with van der Waals surface area (Å²) >= 11 is 0. The van der Waals surface area contributed by atoms with Crippen LogP contribution in [0.3, 0.4) is 0 Å². The second kappa shape index (κ2) is 7.99. The smallest absolute Gasteiger partial charge is 0.258 e. The molecule has 0 atom stereocenters. The Morgan fingerprint density at radius 1 is 1.00 bits per heavy atom. The number of hydrogen-bond donors (Lipinski definition) is 2. The molecule has 5 nitrogen and oxygen atoms in total. The van der Waals surface area contributed by atoms with Gasteiger partial charge >= 0.3 is 0 Å². The van der Waals surface area contributed by atoms with Crippen molar-refractivity contribution in [3.8, 4) is 0 Å². The molecule has 1 heterocycles. The number of rotatable bonds is 5. The second-order valence-electron chi connectivity index (χ2n) is 6.66. The van der Waals surface area contributed by atoms with Gasteiger partial charge in [-0.1, -0.05) is 42.8 Å². The van der Waals surface area contributed by atoms with Gasteiger partial charge in [-0.15, -0.1) is 0 Å². The van der Waals surface area contributed by atoms with E-state index in [0.717, 1.165) is 34.5 Å². The van der Waals surface area contributed by atoms with Crippen molar-refractivity contribution < 1.29 is 4.79 Å². The van der Waals surface area contributed by atoms with Crippen LogP contribution in [0.2, 0.25) is 0 Å². The summed E-state index contributed by atoms with van der Waals surface area (Å²) in [5.74, 6) is 0.251. The topological polar surface area (TPSA) is 66.9 Å². The second-order valence-corrected chi connectivity index (χ2v) is 6.66. The molecule has 0 fully saturated rings. The molecule has 0 aliphatic heterocycles. The van der Waals surface area contributed by atoms with Crippen molar-refractivity contribution in [3.05, 3.63) is 76.6 Å². The molecule has 2 aromatic carbocycles. The van der Waals surface area contributed by atoms with E-state index in [1.807, 2.05) is 44.2 Å². The predicted molar refractivity (Wildman–Crippen MR) is 110 cm³/mol. The summed E-state index contributed by atoms with van der Waals surface area (Å²) < 4.78 is 0. The number of carbonyl (C=O) groups is 1. The summed E-state index contributed by atoms with van der Waals surface area (Å²) in [6, 6.07) is 12.1. The average molecular weight is 360 g/mol. The summed E-state index contributed by atoms with van der Waals surface area (Å²) in [5.41, 5.74) is 6.70. The minimum absolute atomic E-state index is 0.211. The Labute approximate surface area is 159 Å². The molecule has 0 bridgehead atoms. The van der Waals surface area contributed by atoms with Crippen LogP contribution in [0.25, 0.3) is 0 Å². The van der Waals surface area contributed by atoms with Gasteiger partial charge in [-0.25, -0.2) is 9.97 Å². The van der Waals surface area contributed by atoms with Crippen molar-refractivity contribution >= 4 is 23.2 Å². The Kier molecular flexibility index (Phi) is 5.50. The third-order valence-electron chi connectivity index (χ3n) is 4.52. The molecule has 3 rings (SSSR count). The van der Waals surface area contributed by atoms with Gasteiger partial charge in [0, 0.05) is 23.8 Å². The largest absolute Gasteiger partial charge is 0.324 e. The number of para-hydroxylation sites is 1. The van der Waals surface area contributed by atoms with Gasteiger partial charge < -0.3 is 10.6 Å². The number of benzene rings is 2.